The van der Waals surface area contributed by atoms with Gasteiger partial charge in [-0.15, -0.1) is 0 Å². The summed E-state index contributed by atoms with van der Waals surface area (Å²) in [5.41, 5.74) is 0. The van der Waals surface area contributed by atoms with Gasteiger partial charge in [0, 0.05) is 12.4 Å². The molecule has 1 aromatic rings. The maximum Gasteiger partial charge on any atom is 0.0267 e. The first-order chi connectivity index (χ1) is 3.39. The predicted octanol–water partition coefficient (Wildman–Crippen LogP) is 0.155. The number of nitrogens with zero attached hydrogens (tertiary/aromatic N) is 1. The number of aromatic nitrogens is 1. The minimum Gasteiger partial charge on any atom is -0.871 e. The normalized spacial score (nSPS) is 8.57. The zero-order valence-electron chi connectivity index (χ0n) is 3.66. The second-order valence-corrected chi connectivity index (χ2v) is 1.19. The monoisotopic (exact) mass is 94.0 g/mol. The molecule has 0 radical (unpaired) electrons. The van der Waals surface area contributed by atoms with Gasteiger partial charge in [-0.1, -0.05) is 11.8 Å². The quantitative estimate of drug-likeness (QED) is 0.459. The molecule has 0 atom stereocenters. The van der Waals surface area contributed by atoms with Crippen LogP contribution in [0, 0.1) is 0 Å². The van der Waals surface area contributed by atoms with Crippen LogP contribution in [0.15, 0.2) is 24.5 Å². The molecule has 36 valence electrons. The van der Waals surface area contributed by atoms with Crippen LogP contribution in [0.5, 0.6) is 5.75 Å². The molecule has 0 amide bonds. The molecule has 0 aromatic carbocycles. The molecule has 1 heterocycles. The molecule has 0 aliphatic carbocycles. The highest BCUT2D eigenvalue weighted by molar-refractivity contribution is 5.10. The molecular formula is C5H4NO-. The summed E-state index contributed by atoms with van der Waals surface area (Å²) in [4.78, 5) is 3.57. The van der Waals surface area contributed by atoms with Gasteiger partial charge in [0.15, 0.2) is 0 Å². The second-order valence-electron chi connectivity index (χ2n) is 1.19. The van der Waals surface area contributed by atoms with E-state index >= 15 is 0 Å². The van der Waals surface area contributed by atoms with Gasteiger partial charge in [0.25, 0.3) is 0 Å². The van der Waals surface area contributed by atoms with Crippen LogP contribution in [0.1, 0.15) is 0 Å². The van der Waals surface area contributed by atoms with Crippen LogP contribution in [0.25, 0.3) is 0 Å². The van der Waals surface area contributed by atoms with Gasteiger partial charge in [-0.3, -0.25) is 4.98 Å². The topological polar surface area (TPSA) is 36.0 Å². The molecule has 0 spiro atoms. The van der Waals surface area contributed by atoms with Crippen molar-refractivity contribution in [1.82, 2.24) is 4.98 Å². The summed E-state index contributed by atoms with van der Waals surface area (Å²) in [5.74, 6) is -0.0394. The van der Waals surface area contributed by atoms with Gasteiger partial charge in [-0.25, -0.2) is 0 Å². The molecule has 1 aromatic heterocycles. The van der Waals surface area contributed by atoms with E-state index in [-0.39, 0.29) is 5.75 Å². The Bertz CT molecular complexity index is 138. The molecule has 0 fully saturated rings. The fourth-order valence-electron chi connectivity index (χ4n) is 0.347. The smallest absolute Gasteiger partial charge is 0.0267 e. The highest BCUT2D eigenvalue weighted by Gasteiger charge is 1.65. The van der Waals surface area contributed by atoms with Crippen molar-refractivity contribution in [3.63, 3.8) is 0 Å². The van der Waals surface area contributed by atoms with Crippen LogP contribution in [-0.4, -0.2) is 4.98 Å². The zero-order chi connectivity index (χ0) is 5.11. The third-order valence-electron chi connectivity index (χ3n) is 0.634. The lowest BCUT2D eigenvalue weighted by Gasteiger charge is -1.97. The molecule has 0 bridgehead atoms. The largest absolute Gasteiger partial charge is 0.871 e. The fourth-order valence-corrected chi connectivity index (χ4v) is 0.347. The highest BCUT2D eigenvalue weighted by Crippen LogP contribution is 1.94. The average Bonchev–Trinajstić information content (AvgIpc) is 1.69. The lowest BCUT2D eigenvalue weighted by Crippen LogP contribution is -1.87. The van der Waals surface area contributed by atoms with Crippen molar-refractivity contribution in [1.29, 1.82) is 0 Å². The Morgan fingerprint density at radius 1 is 1.57 bits per heavy atom. The van der Waals surface area contributed by atoms with Crippen LogP contribution in [0.2, 0.25) is 0 Å². The van der Waals surface area contributed by atoms with Crippen molar-refractivity contribution in [2.24, 2.45) is 0 Å². The summed E-state index contributed by atoms with van der Waals surface area (Å²) in [6, 6.07) is 3.08. The Labute approximate surface area is 41.4 Å². The first-order valence-corrected chi connectivity index (χ1v) is 1.96. The zero-order valence-corrected chi connectivity index (χ0v) is 3.66. The first-order valence-electron chi connectivity index (χ1n) is 1.96. The van der Waals surface area contributed by atoms with Crippen LogP contribution in [0.3, 0.4) is 0 Å². The van der Waals surface area contributed by atoms with Gasteiger partial charge >= 0.3 is 0 Å². The molecule has 0 N–H and O–H groups in total. The summed E-state index contributed by atoms with van der Waals surface area (Å²) in [7, 11) is 0. The number of hydrogen-bond acceptors (Lipinski definition) is 2. The van der Waals surface area contributed by atoms with E-state index in [0.717, 1.165) is 0 Å². The maximum absolute atomic E-state index is 10.2. The van der Waals surface area contributed by atoms with Crippen molar-refractivity contribution in [3.05, 3.63) is 24.5 Å². The minimum absolute atomic E-state index is 0.0394. The molecule has 0 aliphatic heterocycles. The van der Waals surface area contributed by atoms with Gasteiger partial charge in [-0.05, 0) is 6.07 Å². The van der Waals surface area contributed by atoms with Crippen LogP contribution in [0.4, 0.5) is 0 Å². The molecule has 0 saturated carbocycles. The Hall–Kier alpha value is -1.05. The van der Waals surface area contributed by atoms with Gasteiger partial charge in [0.05, 0.1) is 0 Å². The van der Waals surface area contributed by atoms with Gasteiger partial charge in [0.1, 0.15) is 0 Å². The standard InChI is InChI=1S/C5H5NO/c7-5-2-1-3-6-4-5/h1-4,7H/p-1. The Morgan fingerprint density at radius 2 is 2.43 bits per heavy atom. The van der Waals surface area contributed by atoms with Crippen molar-refractivity contribution in [2.45, 2.75) is 0 Å². The van der Waals surface area contributed by atoms with E-state index in [1.54, 1.807) is 12.3 Å². The second kappa shape index (κ2) is 1.60. The molecule has 0 aliphatic rings. The fraction of sp³-hybridized carbons (Fsp3) is 0. The third-order valence-corrected chi connectivity index (χ3v) is 0.634. The third kappa shape index (κ3) is 0.892. The van der Waals surface area contributed by atoms with Crippen molar-refractivity contribution < 1.29 is 5.11 Å². The minimum atomic E-state index is -0.0394. The number of rotatable bonds is 0. The number of pyridine rings is 1. The SMILES string of the molecule is [O-]c1cccnc1. The van der Waals surface area contributed by atoms with E-state index in [0.29, 0.717) is 0 Å². The van der Waals surface area contributed by atoms with Gasteiger partial charge in [-0.2, -0.15) is 0 Å². The van der Waals surface area contributed by atoms with Crippen molar-refractivity contribution in [3.8, 4) is 5.75 Å². The number of hydrogen-bond donors (Lipinski definition) is 0. The highest BCUT2D eigenvalue weighted by atomic mass is 16.3. The molecule has 7 heavy (non-hydrogen) atoms. The first kappa shape index (κ1) is 4.12. The molecule has 0 saturated heterocycles. The van der Waals surface area contributed by atoms with Crippen LogP contribution >= 0.6 is 0 Å². The van der Waals surface area contributed by atoms with Gasteiger partial charge < -0.3 is 5.11 Å². The molecule has 1 rings (SSSR count). The predicted molar refractivity (Wildman–Crippen MR) is 23.7 cm³/mol. The van der Waals surface area contributed by atoms with Gasteiger partial charge in [0.2, 0.25) is 0 Å². The molecular weight excluding hydrogens is 90.1 g/mol. The Kier molecular flexibility index (Phi) is 0.941. The Morgan fingerprint density at radius 3 is 2.71 bits per heavy atom. The summed E-state index contributed by atoms with van der Waals surface area (Å²) in [6.45, 7) is 0. The van der Waals surface area contributed by atoms with Crippen molar-refractivity contribution >= 4 is 0 Å². The summed E-state index contributed by atoms with van der Waals surface area (Å²) in [5, 5.41) is 10.2. The molecule has 0 unspecified atom stereocenters. The lowest BCUT2D eigenvalue weighted by atomic mass is 10.5. The Balaban J connectivity index is 3.02. The van der Waals surface area contributed by atoms with E-state index in [2.05, 4.69) is 4.98 Å². The summed E-state index contributed by atoms with van der Waals surface area (Å²) >= 11 is 0. The maximum atomic E-state index is 10.2. The lowest BCUT2D eigenvalue weighted by molar-refractivity contribution is -0.268. The summed E-state index contributed by atoms with van der Waals surface area (Å²) in [6.07, 6.45) is 2.85. The van der Waals surface area contributed by atoms with Crippen molar-refractivity contribution in [2.75, 3.05) is 0 Å². The van der Waals surface area contributed by atoms with E-state index in [4.69, 9.17) is 0 Å². The van der Waals surface area contributed by atoms with Crippen LogP contribution < -0.4 is 5.11 Å². The van der Waals surface area contributed by atoms with Crippen LogP contribution in [-0.2, 0) is 0 Å². The molecule has 2 heteroatoms. The van der Waals surface area contributed by atoms with E-state index in [9.17, 15) is 5.11 Å². The molecule has 2 nitrogen and oxygen atoms in total. The van der Waals surface area contributed by atoms with E-state index in [1.807, 2.05) is 0 Å². The van der Waals surface area contributed by atoms with E-state index < -0.39 is 0 Å². The summed E-state index contributed by atoms with van der Waals surface area (Å²) < 4.78 is 0. The average molecular weight is 94.1 g/mol. The van der Waals surface area contributed by atoms with E-state index in [1.165, 1.54) is 12.3 Å².